The van der Waals surface area contributed by atoms with Crippen LogP contribution in [0.15, 0.2) is 48.8 Å². The first-order valence-corrected chi connectivity index (χ1v) is 7.48. The van der Waals surface area contributed by atoms with Gasteiger partial charge in [-0.1, -0.05) is 6.07 Å². The van der Waals surface area contributed by atoms with Gasteiger partial charge in [0, 0.05) is 18.9 Å². The first-order chi connectivity index (χ1) is 12.3. The molecule has 0 saturated heterocycles. The Morgan fingerprint density at radius 2 is 1.85 bits per heavy atom. The van der Waals surface area contributed by atoms with Crippen molar-refractivity contribution in [2.75, 3.05) is 11.1 Å². The Morgan fingerprint density at radius 1 is 1.04 bits per heavy atom. The van der Waals surface area contributed by atoms with Gasteiger partial charge >= 0.3 is 6.18 Å². The SMILES string of the molecule is Nc1ncccc1-c1nccc(NCc2ccc(F)cc2C(F)(F)F)n1. The summed E-state index contributed by atoms with van der Waals surface area (Å²) < 4.78 is 52.3. The average molecular weight is 363 g/mol. The van der Waals surface area contributed by atoms with E-state index < -0.39 is 17.6 Å². The average Bonchev–Trinajstić information content (AvgIpc) is 2.60. The molecule has 0 unspecified atom stereocenters. The number of alkyl halides is 3. The highest BCUT2D eigenvalue weighted by atomic mass is 19.4. The molecule has 9 heteroatoms. The Kier molecular flexibility index (Phi) is 4.70. The molecule has 0 fully saturated rings. The number of hydrogen-bond acceptors (Lipinski definition) is 5. The van der Waals surface area contributed by atoms with Gasteiger partial charge < -0.3 is 11.1 Å². The quantitative estimate of drug-likeness (QED) is 0.688. The molecule has 26 heavy (non-hydrogen) atoms. The molecule has 0 aliphatic heterocycles. The zero-order valence-electron chi connectivity index (χ0n) is 13.3. The number of halogens is 4. The van der Waals surface area contributed by atoms with Crippen molar-refractivity contribution in [3.63, 3.8) is 0 Å². The van der Waals surface area contributed by atoms with Crippen LogP contribution in [0, 0.1) is 5.82 Å². The molecule has 0 aliphatic carbocycles. The fraction of sp³-hybridized carbons (Fsp3) is 0.118. The van der Waals surface area contributed by atoms with Crippen molar-refractivity contribution in [3.8, 4) is 11.4 Å². The number of nitrogens with one attached hydrogen (secondary N) is 1. The lowest BCUT2D eigenvalue weighted by Gasteiger charge is -2.14. The lowest BCUT2D eigenvalue weighted by molar-refractivity contribution is -0.138. The minimum absolute atomic E-state index is 0.0973. The van der Waals surface area contributed by atoms with Crippen LogP contribution in [0.25, 0.3) is 11.4 Å². The van der Waals surface area contributed by atoms with E-state index in [0.29, 0.717) is 17.4 Å². The number of pyridine rings is 1. The van der Waals surface area contributed by atoms with E-state index in [2.05, 4.69) is 20.3 Å². The zero-order valence-corrected chi connectivity index (χ0v) is 13.3. The fourth-order valence-electron chi connectivity index (χ4n) is 2.35. The minimum atomic E-state index is -4.65. The molecular weight excluding hydrogens is 350 g/mol. The second kappa shape index (κ2) is 6.95. The van der Waals surface area contributed by atoms with Gasteiger partial charge in [-0.25, -0.2) is 19.3 Å². The Labute approximate surface area is 145 Å². The molecule has 0 saturated carbocycles. The van der Waals surface area contributed by atoms with Crippen molar-refractivity contribution >= 4 is 11.6 Å². The smallest absolute Gasteiger partial charge is 0.383 e. The first kappa shape index (κ1) is 17.6. The van der Waals surface area contributed by atoms with Crippen LogP contribution in [0.2, 0.25) is 0 Å². The summed E-state index contributed by atoms with van der Waals surface area (Å²) in [6, 6.07) is 7.40. The summed E-state index contributed by atoms with van der Waals surface area (Å²) in [5.41, 5.74) is 5.16. The molecule has 2 heterocycles. The molecule has 0 amide bonds. The van der Waals surface area contributed by atoms with Crippen LogP contribution in [0.5, 0.6) is 0 Å². The van der Waals surface area contributed by atoms with Gasteiger partial charge in [0.2, 0.25) is 0 Å². The Hall–Kier alpha value is -3.23. The van der Waals surface area contributed by atoms with Crippen molar-refractivity contribution in [1.82, 2.24) is 15.0 Å². The number of nitrogens with zero attached hydrogens (tertiary/aromatic N) is 3. The van der Waals surface area contributed by atoms with Crippen LogP contribution in [0.3, 0.4) is 0 Å². The standard InChI is InChI=1S/C17H13F4N5/c18-11-4-3-10(13(8-11)17(19,20)21)9-25-14-5-7-24-16(26-14)12-2-1-6-23-15(12)22/h1-8H,9H2,(H2,22,23)(H,24,25,26). The maximum Gasteiger partial charge on any atom is 0.416 e. The van der Waals surface area contributed by atoms with E-state index in [1.807, 2.05) is 0 Å². The molecule has 2 aromatic heterocycles. The predicted molar refractivity (Wildman–Crippen MR) is 88.4 cm³/mol. The molecule has 3 N–H and O–H groups in total. The van der Waals surface area contributed by atoms with E-state index in [9.17, 15) is 17.6 Å². The molecule has 5 nitrogen and oxygen atoms in total. The van der Waals surface area contributed by atoms with E-state index in [4.69, 9.17) is 5.73 Å². The first-order valence-electron chi connectivity index (χ1n) is 7.48. The molecule has 3 rings (SSSR count). The van der Waals surface area contributed by atoms with Gasteiger partial charge in [0.1, 0.15) is 17.5 Å². The van der Waals surface area contributed by atoms with Gasteiger partial charge in [-0.2, -0.15) is 13.2 Å². The van der Waals surface area contributed by atoms with E-state index in [-0.39, 0.29) is 23.8 Å². The zero-order chi connectivity index (χ0) is 18.7. The summed E-state index contributed by atoms with van der Waals surface area (Å²) in [6.45, 7) is -0.186. The number of aromatic nitrogens is 3. The van der Waals surface area contributed by atoms with Gasteiger partial charge in [0.25, 0.3) is 0 Å². The van der Waals surface area contributed by atoms with Crippen molar-refractivity contribution in [2.45, 2.75) is 12.7 Å². The number of nitrogen functional groups attached to an aromatic ring is 1. The monoisotopic (exact) mass is 363 g/mol. The molecule has 1 aromatic carbocycles. The highest BCUT2D eigenvalue weighted by molar-refractivity contribution is 5.68. The van der Waals surface area contributed by atoms with Crippen LogP contribution < -0.4 is 11.1 Å². The van der Waals surface area contributed by atoms with Crippen molar-refractivity contribution < 1.29 is 17.6 Å². The molecule has 0 spiro atoms. The Bertz CT molecular complexity index is 927. The van der Waals surface area contributed by atoms with Gasteiger partial charge in [-0.3, -0.25) is 0 Å². The number of nitrogens with two attached hydrogens (primary N) is 1. The number of rotatable bonds is 4. The largest absolute Gasteiger partial charge is 0.416 e. The summed E-state index contributed by atoms with van der Waals surface area (Å²) in [4.78, 5) is 12.3. The number of benzene rings is 1. The topological polar surface area (TPSA) is 76.7 Å². The summed E-state index contributed by atoms with van der Waals surface area (Å²) in [7, 11) is 0. The third-order valence-electron chi connectivity index (χ3n) is 3.57. The normalized spacial score (nSPS) is 11.4. The molecule has 3 aromatic rings. The van der Waals surface area contributed by atoms with Crippen molar-refractivity contribution in [3.05, 3.63) is 65.7 Å². The van der Waals surface area contributed by atoms with Crippen LogP contribution in [0.4, 0.5) is 29.2 Å². The second-order valence-electron chi connectivity index (χ2n) is 5.35. The summed E-state index contributed by atoms with van der Waals surface area (Å²) >= 11 is 0. The van der Waals surface area contributed by atoms with E-state index >= 15 is 0 Å². The number of hydrogen-bond donors (Lipinski definition) is 2. The Balaban J connectivity index is 1.84. The molecule has 0 radical (unpaired) electrons. The molecule has 0 bridgehead atoms. The van der Waals surface area contributed by atoms with Gasteiger partial charge in [-0.15, -0.1) is 0 Å². The van der Waals surface area contributed by atoms with Crippen LogP contribution in [-0.4, -0.2) is 15.0 Å². The highest BCUT2D eigenvalue weighted by Crippen LogP contribution is 2.33. The Morgan fingerprint density at radius 3 is 2.58 bits per heavy atom. The van der Waals surface area contributed by atoms with E-state index in [0.717, 1.165) is 12.1 Å². The van der Waals surface area contributed by atoms with Crippen LogP contribution >= 0.6 is 0 Å². The highest BCUT2D eigenvalue weighted by Gasteiger charge is 2.33. The van der Waals surface area contributed by atoms with Gasteiger partial charge in [-0.05, 0) is 35.9 Å². The van der Waals surface area contributed by atoms with Crippen molar-refractivity contribution in [1.29, 1.82) is 0 Å². The lowest BCUT2D eigenvalue weighted by Crippen LogP contribution is -2.13. The van der Waals surface area contributed by atoms with E-state index in [1.165, 1.54) is 18.5 Å². The van der Waals surface area contributed by atoms with Crippen LogP contribution in [0.1, 0.15) is 11.1 Å². The van der Waals surface area contributed by atoms with Crippen LogP contribution in [-0.2, 0) is 12.7 Å². The molecule has 0 atom stereocenters. The molecule has 0 aliphatic rings. The minimum Gasteiger partial charge on any atom is -0.383 e. The maximum atomic E-state index is 13.2. The summed E-state index contributed by atoms with van der Waals surface area (Å²) in [5.74, 6) is -0.119. The molecular formula is C17H13F4N5. The third-order valence-corrected chi connectivity index (χ3v) is 3.57. The molecule has 134 valence electrons. The second-order valence-corrected chi connectivity index (χ2v) is 5.35. The van der Waals surface area contributed by atoms with Crippen molar-refractivity contribution in [2.24, 2.45) is 0 Å². The number of anilines is 2. The predicted octanol–water partition coefficient (Wildman–Crippen LogP) is 3.89. The fourth-order valence-corrected chi connectivity index (χ4v) is 2.35. The summed E-state index contributed by atoms with van der Waals surface area (Å²) in [6.07, 6.45) is -1.68. The van der Waals surface area contributed by atoms with E-state index in [1.54, 1.807) is 12.1 Å². The maximum absolute atomic E-state index is 13.2. The van der Waals surface area contributed by atoms with Gasteiger partial charge in [0.05, 0.1) is 11.1 Å². The lowest BCUT2D eigenvalue weighted by atomic mass is 10.1. The summed E-state index contributed by atoms with van der Waals surface area (Å²) in [5, 5.41) is 2.79. The third kappa shape index (κ3) is 3.88. The van der Waals surface area contributed by atoms with Gasteiger partial charge in [0.15, 0.2) is 5.82 Å².